The fourth-order valence-corrected chi connectivity index (χ4v) is 3.04. The van der Waals surface area contributed by atoms with Crippen molar-refractivity contribution in [1.29, 1.82) is 0 Å². The lowest BCUT2D eigenvalue weighted by atomic mass is 10.3. The summed E-state index contributed by atoms with van der Waals surface area (Å²) in [5, 5.41) is 5.37. The van der Waals surface area contributed by atoms with Crippen LogP contribution >= 0.6 is 27.3 Å². The molecule has 2 amide bonds. The number of aromatic nitrogens is 1. The van der Waals surface area contributed by atoms with E-state index in [1.54, 1.807) is 37.4 Å². The largest absolute Gasteiger partial charge is 0.476 e. The first kappa shape index (κ1) is 17.4. The number of ether oxygens (including phenoxy) is 1. The van der Waals surface area contributed by atoms with Gasteiger partial charge in [-0.25, -0.2) is 4.98 Å². The van der Waals surface area contributed by atoms with E-state index in [4.69, 9.17) is 4.74 Å². The van der Waals surface area contributed by atoms with Crippen molar-refractivity contribution in [3.05, 3.63) is 39.1 Å². The summed E-state index contributed by atoms with van der Waals surface area (Å²) in [6.07, 6.45) is 1.58. The second-order valence-corrected chi connectivity index (χ2v) is 7.04. The zero-order chi connectivity index (χ0) is 16.8. The van der Waals surface area contributed by atoms with Gasteiger partial charge in [0, 0.05) is 6.20 Å². The van der Waals surface area contributed by atoms with Crippen molar-refractivity contribution in [2.24, 2.45) is 0 Å². The van der Waals surface area contributed by atoms with Gasteiger partial charge in [0.05, 0.1) is 15.3 Å². The monoisotopic (exact) mass is 397 g/mol. The minimum Gasteiger partial charge on any atom is -0.476 e. The van der Waals surface area contributed by atoms with Gasteiger partial charge in [-0.3, -0.25) is 9.59 Å². The van der Waals surface area contributed by atoms with E-state index < -0.39 is 6.04 Å². The Bertz CT molecular complexity index is 705. The van der Waals surface area contributed by atoms with Crippen molar-refractivity contribution in [1.82, 2.24) is 10.3 Å². The molecule has 0 aromatic carbocycles. The number of thiophene rings is 1. The highest BCUT2D eigenvalue weighted by Gasteiger charge is 2.19. The molecule has 0 spiro atoms. The Hall–Kier alpha value is -1.93. The van der Waals surface area contributed by atoms with Crippen LogP contribution in [0.15, 0.2) is 34.2 Å². The Morgan fingerprint density at radius 2 is 2.17 bits per heavy atom. The Labute approximate surface area is 146 Å². The van der Waals surface area contributed by atoms with E-state index in [9.17, 15) is 9.59 Å². The van der Waals surface area contributed by atoms with Crippen molar-refractivity contribution >= 4 is 44.8 Å². The number of nitrogens with zero attached hydrogens (tertiary/aromatic N) is 1. The number of carbonyl (C=O) groups is 2. The van der Waals surface area contributed by atoms with Crippen molar-refractivity contribution in [3.8, 4) is 5.88 Å². The van der Waals surface area contributed by atoms with Gasteiger partial charge in [-0.15, -0.1) is 11.3 Å². The van der Waals surface area contributed by atoms with Crippen molar-refractivity contribution in [3.63, 3.8) is 0 Å². The van der Waals surface area contributed by atoms with E-state index in [0.717, 1.165) is 3.79 Å². The maximum absolute atomic E-state index is 12.2. The standard InChI is InChI=1S/C15H16BrN3O3S/c1-3-22-15-10(5-4-8-17-15)19-13(20)9(2)18-14(21)11-6-7-12(16)23-11/h4-9H,3H2,1-2H3,(H,18,21)(H,19,20). The number of hydrogen-bond acceptors (Lipinski definition) is 5. The van der Waals surface area contributed by atoms with Crippen LogP contribution in [0.4, 0.5) is 5.69 Å². The second kappa shape index (κ2) is 8.07. The number of hydrogen-bond donors (Lipinski definition) is 2. The number of nitrogens with one attached hydrogen (secondary N) is 2. The first-order chi connectivity index (χ1) is 11.0. The van der Waals surface area contributed by atoms with Gasteiger partial charge in [0.2, 0.25) is 11.8 Å². The van der Waals surface area contributed by atoms with Crippen LogP contribution < -0.4 is 15.4 Å². The quantitative estimate of drug-likeness (QED) is 0.784. The Morgan fingerprint density at radius 3 is 2.83 bits per heavy atom. The summed E-state index contributed by atoms with van der Waals surface area (Å²) in [6.45, 7) is 3.90. The molecular formula is C15H16BrN3O3S. The highest BCUT2D eigenvalue weighted by atomic mass is 79.9. The number of carbonyl (C=O) groups excluding carboxylic acids is 2. The summed E-state index contributed by atoms with van der Waals surface area (Å²) in [5.41, 5.74) is 0.472. The second-order valence-electron chi connectivity index (χ2n) is 4.58. The van der Waals surface area contributed by atoms with E-state index in [1.807, 2.05) is 6.92 Å². The summed E-state index contributed by atoms with van der Waals surface area (Å²) in [4.78, 5) is 28.9. The average molecular weight is 398 g/mol. The van der Waals surface area contributed by atoms with Crippen LogP contribution in [0, 0.1) is 0 Å². The fourth-order valence-electron chi connectivity index (χ4n) is 1.75. The topological polar surface area (TPSA) is 80.3 Å². The van der Waals surface area contributed by atoms with E-state index in [-0.39, 0.29) is 11.8 Å². The summed E-state index contributed by atoms with van der Waals surface area (Å²) in [7, 11) is 0. The van der Waals surface area contributed by atoms with Gasteiger partial charge in [-0.2, -0.15) is 0 Å². The predicted octanol–water partition coefficient (Wildman–Crippen LogP) is 3.06. The number of pyridine rings is 1. The summed E-state index contributed by atoms with van der Waals surface area (Å²) in [5.74, 6) is -0.286. The predicted molar refractivity (Wildman–Crippen MR) is 93.0 cm³/mol. The third-order valence-electron chi connectivity index (χ3n) is 2.85. The van der Waals surface area contributed by atoms with Crippen LogP contribution in [0.5, 0.6) is 5.88 Å². The molecule has 0 bridgehead atoms. The maximum atomic E-state index is 12.2. The normalized spacial score (nSPS) is 11.6. The molecule has 8 heteroatoms. The molecule has 0 aliphatic heterocycles. The van der Waals surface area contributed by atoms with Gasteiger partial charge in [-0.05, 0) is 54.0 Å². The van der Waals surface area contributed by atoms with E-state index >= 15 is 0 Å². The maximum Gasteiger partial charge on any atom is 0.262 e. The highest BCUT2D eigenvalue weighted by Crippen LogP contribution is 2.22. The molecule has 2 N–H and O–H groups in total. The van der Waals surface area contributed by atoms with Crippen LogP contribution in [-0.4, -0.2) is 29.4 Å². The van der Waals surface area contributed by atoms with E-state index in [0.29, 0.717) is 23.1 Å². The number of amides is 2. The highest BCUT2D eigenvalue weighted by molar-refractivity contribution is 9.11. The third-order valence-corrected chi connectivity index (χ3v) is 4.47. The van der Waals surface area contributed by atoms with Crippen LogP contribution in [0.25, 0.3) is 0 Å². The molecule has 2 rings (SSSR count). The van der Waals surface area contributed by atoms with Crippen LogP contribution in [0.1, 0.15) is 23.5 Å². The molecule has 2 aromatic rings. The van der Waals surface area contributed by atoms with Gasteiger partial charge in [-0.1, -0.05) is 0 Å². The lowest BCUT2D eigenvalue weighted by Gasteiger charge is -2.15. The molecule has 1 unspecified atom stereocenters. The molecule has 0 saturated carbocycles. The molecule has 6 nitrogen and oxygen atoms in total. The lowest BCUT2D eigenvalue weighted by molar-refractivity contribution is -0.117. The van der Waals surface area contributed by atoms with Gasteiger partial charge < -0.3 is 15.4 Å². The summed E-state index contributed by atoms with van der Waals surface area (Å²) in [6, 6.07) is 6.18. The van der Waals surface area contributed by atoms with Crippen molar-refractivity contribution in [2.75, 3.05) is 11.9 Å². The molecule has 0 radical (unpaired) electrons. The first-order valence-corrected chi connectivity index (χ1v) is 8.57. The van der Waals surface area contributed by atoms with E-state index in [2.05, 4.69) is 31.5 Å². The Kier molecular flexibility index (Phi) is 6.12. The minimum atomic E-state index is -0.696. The molecule has 2 heterocycles. The van der Waals surface area contributed by atoms with Crippen LogP contribution in [0.3, 0.4) is 0 Å². The molecule has 2 aromatic heterocycles. The lowest BCUT2D eigenvalue weighted by Crippen LogP contribution is -2.41. The summed E-state index contributed by atoms with van der Waals surface area (Å²) >= 11 is 4.61. The fraction of sp³-hybridized carbons (Fsp3) is 0.267. The molecular weight excluding hydrogens is 382 g/mol. The van der Waals surface area contributed by atoms with E-state index in [1.165, 1.54) is 11.3 Å². The molecule has 1 atom stereocenters. The third kappa shape index (κ3) is 4.77. The Morgan fingerprint density at radius 1 is 1.39 bits per heavy atom. The number of anilines is 1. The molecule has 0 aliphatic rings. The molecule has 0 fully saturated rings. The smallest absolute Gasteiger partial charge is 0.262 e. The SMILES string of the molecule is CCOc1ncccc1NC(=O)C(C)NC(=O)c1ccc(Br)s1. The van der Waals surface area contributed by atoms with Crippen LogP contribution in [-0.2, 0) is 4.79 Å². The molecule has 23 heavy (non-hydrogen) atoms. The van der Waals surface area contributed by atoms with Gasteiger partial charge in [0.15, 0.2) is 0 Å². The van der Waals surface area contributed by atoms with Gasteiger partial charge in [0.1, 0.15) is 11.7 Å². The molecule has 0 aliphatic carbocycles. The number of rotatable bonds is 6. The van der Waals surface area contributed by atoms with Gasteiger partial charge >= 0.3 is 0 Å². The number of halogens is 1. The van der Waals surface area contributed by atoms with Crippen molar-refractivity contribution in [2.45, 2.75) is 19.9 Å². The first-order valence-electron chi connectivity index (χ1n) is 6.96. The van der Waals surface area contributed by atoms with Crippen molar-refractivity contribution < 1.29 is 14.3 Å². The Balaban J connectivity index is 1.99. The van der Waals surface area contributed by atoms with Gasteiger partial charge in [0.25, 0.3) is 5.91 Å². The zero-order valence-electron chi connectivity index (χ0n) is 12.6. The minimum absolute atomic E-state index is 0.292. The average Bonchev–Trinajstić information content (AvgIpc) is 2.96. The van der Waals surface area contributed by atoms with Crippen LogP contribution in [0.2, 0.25) is 0 Å². The zero-order valence-corrected chi connectivity index (χ0v) is 15.0. The molecule has 0 saturated heterocycles. The summed E-state index contributed by atoms with van der Waals surface area (Å²) < 4.78 is 6.21. The molecule has 122 valence electrons.